The molecule has 1 rings (SSSR count). The summed E-state index contributed by atoms with van der Waals surface area (Å²) in [6.45, 7) is 3.48. The molecule has 0 radical (unpaired) electrons. The van der Waals surface area contributed by atoms with E-state index in [1.54, 1.807) is 11.8 Å². The number of hydrogen-bond acceptors (Lipinski definition) is 2. The Morgan fingerprint density at radius 2 is 2.10 bits per heavy atom. The molecule has 0 aliphatic heterocycles. The van der Waals surface area contributed by atoms with Crippen molar-refractivity contribution in [2.75, 3.05) is 6.26 Å². The summed E-state index contributed by atoms with van der Waals surface area (Å²) in [6.07, 6.45) is 2.03. The molecule has 0 aromatic heterocycles. The van der Waals surface area contributed by atoms with Crippen LogP contribution in [0, 0.1) is 0 Å². The van der Waals surface area contributed by atoms with Gasteiger partial charge in [-0.1, -0.05) is 12.1 Å². The summed E-state index contributed by atoms with van der Waals surface area (Å²) in [7, 11) is 0. The molecule has 0 aliphatic carbocycles. The van der Waals surface area contributed by atoms with Crippen molar-refractivity contribution in [2.45, 2.75) is 4.90 Å². The zero-order valence-corrected chi connectivity index (χ0v) is 6.69. The van der Waals surface area contributed by atoms with E-state index in [4.69, 9.17) is 0 Å². The topological polar surface area (TPSA) is 12.4 Å². The van der Waals surface area contributed by atoms with E-state index in [1.165, 1.54) is 4.90 Å². The van der Waals surface area contributed by atoms with Crippen molar-refractivity contribution in [1.82, 2.24) is 0 Å². The maximum absolute atomic E-state index is 3.87. The van der Waals surface area contributed by atoms with E-state index in [2.05, 4.69) is 11.7 Å². The van der Waals surface area contributed by atoms with Crippen LogP contribution in [-0.4, -0.2) is 13.0 Å². The van der Waals surface area contributed by atoms with Crippen molar-refractivity contribution < 1.29 is 0 Å². The Bertz CT molecular complexity index is 232. The minimum absolute atomic E-state index is 0.968. The van der Waals surface area contributed by atoms with E-state index in [9.17, 15) is 0 Å². The van der Waals surface area contributed by atoms with Crippen LogP contribution in [0.5, 0.6) is 0 Å². The predicted molar refractivity (Wildman–Crippen MR) is 47.4 cm³/mol. The van der Waals surface area contributed by atoms with Gasteiger partial charge in [0.25, 0.3) is 0 Å². The van der Waals surface area contributed by atoms with Gasteiger partial charge in [0.05, 0.1) is 5.69 Å². The van der Waals surface area contributed by atoms with Crippen LogP contribution in [0.3, 0.4) is 0 Å². The van der Waals surface area contributed by atoms with Gasteiger partial charge in [-0.25, -0.2) is 0 Å². The highest BCUT2D eigenvalue weighted by molar-refractivity contribution is 7.98. The molecule has 52 valence electrons. The summed E-state index contributed by atoms with van der Waals surface area (Å²) in [6, 6.07) is 7.96. The monoisotopic (exact) mass is 151 g/mol. The van der Waals surface area contributed by atoms with Gasteiger partial charge in [-0.2, -0.15) is 0 Å². The Morgan fingerprint density at radius 3 is 2.60 bits per heavy atom. The maximum atomic E-state index is 3.87. The van der Waals surface area contributed by atoms with Gasteiger partial charge < -0.3 is 0 Å². The van der Waals surface area contributed by atoms with Crippen LogP contribution in [0.25, 0.3) is 0 Å². The highest BCUT2D eigenvalue weighted by Crippen LogP contribution is 2.26. The molecule has 10 heavy (non-hydrogen) atoms. The summed E-state index contributed by atoms with van der Waals surface area (Å²) < 4.78 is 0. The van der Waals surface area contributed by atoms with Crippen LogP contribution in [0.15, 0.2) is 34.2 Å². The summed E-state index contributed by atoms with van der Waals surface area (Å²) in [5.41, 5.74) is 0.968. The number of hydrogen-bond donors (Lipinski definition) is 0. The van der Waals surface area contributed by atoms with Gasteiger partial charge in [0, 0.05) is 4.90 Å². The van der Waals surface area contributed by atoms with E-state index in [0.29, 0.717) is 0 Å². The van der Waals surface area contributed by atoms with E-state index < -0.39 is 0 Å². The fourth-order valence-electron chi connectivity index (χ4n) is 0.760. The third-order valence-electron chi connectivity index (χ3n) is 1.26. The fourth-order valence-corrected chi connectivity index (χ4v) is 1.32. The molecule has 2 heteroatoms. The van der Waals surface area contributed by atoms with Gasteiger partial charge in [0.2, 0.25) is 0 Å². The van der Waals surface area contributed by atoms with Crippen molar-refractivity contribution in [3.05, 3.63) is 24.3 Å². The van der Waals surface area contributed by atoms with E-state index in [1.807, 2.05) is 30.5 Å². The van der Waals surface area contributed by atoms with E-state index >= 15 is 0 Å². The minimum atomic E-state index is 0.968. The first kappa shape index (κ1) is 7.35. The molecule has 1 nitrogen and oxygen atoms in total. The van der Waals surface area contributed by atoms with Gasteiger partial charge in [0.1, 0.15) is 0 Å². The molecule has 1 aromatic rings. The first-order chi connectivity index (χ1) is 4.88. The molecule has 0 N–H and O–H groups in total. The molecule has 1 aromatic carbocycles. The zero-order chi connectivity index (χ0) is 7.40. The third-order valence-corrected chi connectivity index (χ3v) is 2.04. The van der Waals surface area contributed by atoms with Crippen LogP contribution < -0.4 is 0 Å². The molecule has 0 atom stereocenters. The van der Waals surface area contributed by atoms with Crippen molar-refractivity contribution in [3.63, 3.8) is 0 Å². The summed E-state index contributed by atoms with van der Waals surface area (Å²) in [4.78, 5) is 5.05. The number of para-hydroxylation sites is 1. The first-order valence-electron chi connectivity index (χ1n) is 2.98. The van der Waals surface area contributed by atoms with Crippen molar-refractivity contribution in [2.24, 2.45) is 4.99 Å². The first-order valence-corrected chi connectivity index (χ1v) is 4.20. The Morgan fingerprint density at radius 1 is 1.40 bits per heavy atom. The molecule has 0 saturated carbocycles. The normalized spacial score (nSPS) is 9.30. The Kier molecular flexibility index (Phi) is 2.51. The highest BCUT2D eigenvalue weighted by Gasteiger charge is 1.93. The lowest BCUT2D eigenvalue weighted by Gasteiger charge is -1.98. The third kappa shape index (κ3) is 1.39. The van der Waals surface area contributed by atoms with Crippen molar-refractivity contribution in [3.8, 4) is 0 Å². The van der Waals surface area contributed by atoms with Crippen LogP contribution >= 0.6 is 11.8 Å². The molecular weight excluding hydrogens is 142 g/mol. The zero-order valence-electron chi connectivity index (χ0n) is 5.87. The molecular formula is C8H9NS. The van der Waals surface area contributed by atoms with Crippen molar-refractivity contribution >= 4 is 24.2 Å². The Labute approximate surface area is 65.2 Å². The van der Waals surface area contributed by atoms with Crippen LogP contribution in [0.1, 0.15) is 0 Å². The smallest absolute Gasteiger partial charge is 0.0758 e. The second-order valence-electron chi connectivity index (χ2n) is 1.83. The predicted octanol–water partition coefficient (Wildman–Crippen LogP) is 2.74. The number of nitrogens with zero attached hydrogens (tertiary/aromatic N) is 1. The summed E-state index contributed by atoms with van der Waals surface area (Å²) in [5, 5.41) is 0. The van der Waals surface area contributed by atoms with E-state index in [-0.39, 0.29) is 0 Å². The average molecular weight is 151 g/mol. The lowest BCUT2D eigenvalue weighted by molar-refractivity contribution is 1.39. The molecule has 0 amide bonds. The second-order valence-corrected chi connectivity index (χ2v) is 2.68. The molecule has 0 heterocycles. The lowest BCUT2D eigenvalue weighted by atomic mass is 10.3. The van der Waals surface area contributed by atoms with Crippen molar-refractivity contribution in [1.29, 1.82) is 0 Å². The molecule has 0 aliphatic rings. The minimum Gasteiger partial charge on any atom is -0.263 e. The fraction of sp³-hybridized carbons (Fsp3) is 0.125. The number of rotatable bonds is 2. The average Bonchev–Trinajstić information content (AvgIpc) is 2.04. The lowest BCUT2D eigenvalue weighted by Crippen LogP contribution is -1.68. The summed E-state index contributed by atoms with van der Waals surface area (Å²) >= 11 is 1.69. The number of aliphatic imine (C=N–C) groups is 1. The highest BCUT2D eigenvalue weighted by atomic mass is 32.2. The molecule has 0 saturated heterocycles. The van der Waals surface area contributed by atoms with Gasteiger partial charge in [0.15, 0.2) is 0 Å². The number of thioether (sulfide) groups is 1. The van der Waals surface area contributed by atoms with E-state index in [0.717, 1.165) is 5.69 Å². The Hall–Kier alpha value is -0.760. The molecule has 0 fully saturated rings. The largest absolute Gasteiger partial charge is 0.263 e. The van der Waals surface area contributed by atoms with Gasteiger partial charge in [-0.3, -0.25) is 4.99 Å². The quantitative estimate of drug-likeness (QED) is 0.467. The van der Waals surface area contributed by atoms with Gasteiger partial charge >= 0.3 is 0 Å². The Balaban J connectivity index is 3.08. The molecule has 0 bridgehead atoms. The van der Waals surface area contributed by atoms with Gasteiger partial charge in [-0.15, -0.1) is 11.8 Å². The van der Waals surface area contributed by atoms with Crippen LogP contribution in [-0.2, 0) is 0 Å². The molecule has 0 unspecified atom stereocenters. The molecule has 0 spiro atoms. The van der Waals surface area contributed by atoms with Crippen LogP contribution in [0.4, 0.5) is 5.69 Å². The van der Waals surface area contributed by atoms with Crippen LogP contribution in [0.2, 0.25) is 0 Å². The number of benzene rings is 1. The summed E-state index contributed by atoms with van der Waals surface area (Å²) in [5.74, 6) is 0. The maximum Gasteiger partial charge on any atom is 0.0758 e. The second kappa shape index (κ2) is 3.42. The van der Waals surface area contributed by atoms with Gasteiger partial charge in [-0.05, 0) is 25.1 Å². The SMILES string of the molecule is C=Nc1ccccc1SC. The standard InChI is InChI=1S/C8H9NS/c1-9-7-5-3-4-6-8(7)10-2/h3-6H,1H2,2H3.